The van der Waals surface area contributed by atoms with Crippen LogP contribution in [0.15, 0.2) is 0 Å². The van der Waals surface area contributed by atoms with Crippen molar-refractivity contribution in [3.63, 3.8) is 0 Å². The van der Waals surface area contributed by atoms with Crippen LogP contribution in [0.4, 0.5) is 15.9 Å². The molecule has 1 aliphatic heterocycles. The van der Waals surface area contributed by atoms with E-state index in [9.17, 15) is 4.79 Å². The maximum absolute atomic E-state index is 11.7. The number of rotatable bonds is 2. The van der Waals surface area contributed by atoms with Crippen LogP contribution in [0, 0.1) is 12.3 Å². The molecular weight excluding hydrogens is 252 g/mol. The zero-order valence-corrected chi connectivity index (χ0v) is 10.6. The topological polar surface area (TPSA) is 87.4 Å². The summed E-state index contributed by atoms with van der Waals surface area (Å²) in [7, 11) is 0. The predicted octanol–water partition coefficient (Wildman–Crippen LogP) is -0.415. The highest BCUT2D eigenvalue weighted by Gasteiger charge is 2.22. The first-order valence-corrected chi connectivity index (χ1v) is 6.28. The van der Waals surface area contributed by atoms with Crippen LogP contribution in [0.1, 0.15) is 0 Å². The molecule has 1 aromatic rings. The molecule has 1 saturated heterocycles. The number of amides is 2. The van der Waals surface area contributed by atoms with Crippen molar-refractivity contribution < 1.29 is 4.79 Å². The van der Waals surface area contributed by atoms with Gasteiger partial charge in [-0.15, -0.1) is 6.42 Å². The van der Waals surface area contributed by atoms with Crippen molar-refractivity contribution in [3.05, 3.63) is 0 Å². The summed E-state index contributed by atoms with van der Waals surface area (Å²) < 4.78 is 3.94. The van der Waals surface area contributed by atoms with Crippen LogP contribution in [0.3, 0.4) is 0 Å². The molecule has 1 aromatic heterocycles. The first-order chi connectivity index (χ1) is 8.70. The molecule has 0 spiro atoms. The van der Waals surface area contributed by atoms with Crippen molar-refractivity contribution in [2.24, 2.45) is 0 Å². The Bertz CT molecular complexity index is 459. The lowest BCUT2D eigenvalue weighted by molar-refractivity contribution is 0.195. The minimum atomic E-state index is -0.121. The third-order valence-electron chi connectivity index (χ3n) is 2.61. The second-order valence-electron chi connectivity index (χ2n) is 3.77. The van der Waals surface area contributed by atoms with E-state index in [-0.39, 0.29) is 12.6 Å². The molecule has 1 aliphatic rings. The van der Waals surface area contributed by atoms with Crippen molar-refractivity contribution in [1.82, 2.24) is 19.6 Å². The number of nitrogen functional groups attached to an aromatic ring is 1. The van der Waals surface area contributed by atoms with Crippen molar-refractivity contribution in [3.8, 4) is 12.3 Å². The molecule has 2 amide bonds. The summed E-state index contributed by atoms with van der Waals surface area (Å²) in [4.78, 5) is 19.6. The van der Waals surface area contributed by atoms with E-state index in [2.05, 4.69) is 25.5 Å². The highest BCUT2D eigenvalue weighted by molar-refractivity contribution is 7.09. The monoisotopic (exact) mass is 266 g/mol. The first kappa shape index (κ1) is 12.4. The van der Waals surface area contributed by atoms with Crippen molar-refractivity contribution in [2.45, 2.75) is 0 Å². The normalized spacial score (nSPS) is 15.3. The lowest BCUT2D eigenvalue weighted by Gasteiger charge is -2.34. The Morgan fingerprint density at radius 2 is 2.22 bits per heavy atom. The van der Waals surface area contributed by atoms with E-state index in [4.69, 9.17) is 12.2 Å². The maximum Gasteiger partial charge on any atom is 0.318 e. The standard InChI is InChI=1S/C10H14N6OS/c1-2-3-12-9(17)15-4-6-16(7-5-15)10-13-8(11)14-18-10/h1H,3-7H2,(H2,11,14)(H,12,17). The van der Waals surface area contributed by atoms with E-state index in [1.807, 2.05) is 0 Å². The van der Waals surface area contributed by atoms with Gasteiger partial charge in [0.15, 0.2) is 0 Å². The van der Waals surface area contributed by atoms with Gasteiger partial charge < -0.3 is 20.9 Å². The van der Waals surface area contributed by atoms with Crippen LogP contribution in [0.2, 0.25) is 0 Å². The quantitative estimate of drug-likeness (QED) is 0.710. The molecule has 18 heavy (non-hydrogen) atoms. The Morgan fingerprint density at radius 3 is 2.78 bits per heavy atom. The van der Waals surface area contributed by atoms with Gasteiger partial charge >= 0.3 is 6.03 Å². The molecule has 0 aromatic carbocycles. The Labute approximate surface area is 109 Å². The van der Waals surface area contributed by atoms with Gasteiger partial charge in [0.2, 0.25) is 11.1 Å². The van der Waals surface area contributed by atoms with Crippen molar-refractivity contribution >= 4 is 28.6 Å². The van der Waals surface area contributed by atoms with Crippen LogP contribution in [-0.4, -0.2) is 53.0 Å². The van der Waals surface area contributed by atoms with Gasteiger partial charge in [-0.3, -0.25) is 0 Å². The molecular formula is C10H14N6OS. The number of urea groups is 1. The molecule has 7 nitrogen and oxygen atoms in total. The highest BCUT2D eigenvalue weighted by Crippen LogP contribution is 2.19. The maximum atomic E-state index is 11.7. The minimum absolute atomic E-state index is 0.121. The van der Waals surface area contributed by atoms with Gasteiger partial charge in [0, 0.05) is 37.7 Å². The smallest absolute Gasteiger partial charge is 0.318 e. The summed E-state index contributed by atoms with van der Waals surface area (Å²) in [5, 5.41) is 3.45. The van der Waals surface area contributed by atoms with Gasteiger partial charge in [-0.05, 0) is 0 Å². The number of carbonyl (C=O) groups is 1. The Kier molecular flexibility index (Phi) is 3.84. The highest BCUT2D eigenvalue weighted by atomic mass is 32.1. The largest absolute Gasteiger partial charge is 0.367 e. The van der Waals surface area contributed by atoms with Gasteiger partial charge in [0.05, 0.1) is 6.54 Å². The molecule has 1 fully saturated rings. The Morgan fingerprint density at radius 1 is 1.50 bits per heavy atom. The van der Waals surface area contributed by atoms with E-state index in [0.29, 0.717) is 19.0 Å². The number of carbonyl (C=O) groups excluding carboxylic acids is 1. The van der Waals surface area contributed by atoms with Gasteiger partial charge in [0.1, 0.15) is 0 Å². The predicted molar refractivity (Wildman–Crippen MR) is 70.3 cm³/mol. The number of nitrogens with one attached hydrogen (secondary N) is 1. The summed E-state index contributed by atoms with van der Waals surface area (Å²) in [5.41, 5.74) is 5.48. The molecule has 0 saturated carbocycles. The molecule has 8 heteroatoms. The molecule has 3 N–H and O–H groups in total. The third-order valence-corrected chi connectivity index (χ3v) is 3.40. The van der Waals surface area contributed by atoms with E-state index < -0.39 is 0 Å². The molecule has 0 unspecified atom stereocenters. The SMILES string of the molecule is C#CCNC(=O)N1CCN(c2nc(N)ns2)CC1. The van der Waals surface area contributed by atoms with E-state index >= 15 is 0 Å². The second kappa shape index (κ2) is 5.55. The number of nitrogens with zero attached hydrogens (tertiary/aromatic N) is 4. The molecule has 0 aliphatic carbocycles. The van der Waals surface area contributed by atoms with Crippen LogP contribution in [0.5, 0.6) is 0 Å². The zero-order valence-electron chi connectivity index (χ0n) is 9.80. The fourth-order valence-electron chi connectivity index (χ4n) is 1.69. The molecule has 0 radical (unpaired) electrons. The van der Waals surface area contributed by atoms with Gasteiger partial charge in [0.25, 0.3) is 0 Å². The first-order valence-electron chi connectivity index (χ1n) is 5.51. The number of hydrogen-bond donors (Lipinski definition) is 2. The second-order valence-corrected chi connectivity index (χ2v) is 4.50. The molecule has 2 heterocycles. The third kappa shape index (κ3) is 2.81. The molecule has 0 atom stereocenters. The number of hydrogen-bond acceptors (Lipinski definition) is 6. The number of aromatic nitrogens is 2. The lowest BCUT2D eigenvalue weighted by atomic mass is 10.3. The van der Waals surface area contributed by atoms with E-state index in [1.165, 1.54) is 11.5 Å². The molecule has 96 valence electrons. The summed E-state index contributed by atoms with van der Waals surface area (Å²) in [6, 6.07) is -0.121. The fraction of sp³-hybridized carbons (Fsp3) is 0.500. The average molecular weight is 266 g/mol. The minimum Gasteiger partial charge on any atom is -0.367 e. The van der Waals surface area contributed by atoms with Crippen molar-refractivity contribution in [2.75, 3.05) is 43.4 Å². The summed E-state index contributed by atoms with van der Waals surface area (Å²) >= 11 is 1.27. The molecule has 2 rings (SSSR count). The Balaban J connectivity index is 1.85. The van der Waals surface area contributed by atoms with E-state index in [0.717, 1.165) is 18.2 Å². The average Bonchev–Trinajstić information content (AvgIpc) is 2.83. The summed E-state index contributed by atoms with van der Waals surface area (Å²) in [6.45, 7) is 2.97. The van der Waals surface area contributed by atoms with Crippen molar-refractivity contribution in [1.29, 1.82) is 0 Å². The van der Waals surface area contributed by atoms with Crippen LogP contribution in [0.25, 0.3) is 0 Å². The number of nitrogens with two attached hydrogens (primary N) is 1. The number of piperazine rings is 1. The van der Waals surface area contributed by atoms with Crippen LogP contribution in [-0.2, 0) is 0 Å². The van der Waals surface area contributed by atoms with E-state index in [1.54, 1.807) is 4.90 Å². The Hall–Kier alpha value is -2.01. The fourth-order valence-corrected chi connectivity index (χ4v) is 2.34. The number of anilines is 2. The number of terminal acetylenes is 1. The zero-order chi connectivity index (χ0) is 13.0. The van der Waals surface area contributed by atoms with Gasteiger partial charge in [-0.25, -0.2) is 4.79 Å². The van der Waals surface area contributed by atoms with Gasteiger partial charge in [-0.2, -0.15) is 9.36 Å². The van der Waals surface area contributed by atoms with Crippen LogP contribution >= 0.6 is 11.5 Å². The summed E-state index contributed by atoms with van der Waals surface area (Å²) in [6.07, 6.45) is 5.09. The lowest BCUT2D eigenvalue weighted by Crippen LogP contribution is -2.51. The summed E-state index contributed by atoms with van der Waals surface area (Å²) in [5.74, 6) is 2.67. The van der Waals surface area contributed by atoms with Gasteiger partial charge in [-0.1, -0.05) is 5.92 Å². The molecule has 0 bridgehead atoms. The van der Waals surface area contributed by atoms with Crippen LogP contribution < -0.4 is 16.0 Å².